The van der Waals surface area contributed by atoms with Gasteiger partial charge < -0.3 is 14.7 Å². The number of aryl methyl sites for hydroxylation is 1. The highest BCUT2D eigenvalue weighted by Gasteiger charge is 2.08. The molecule has 4 heteroatoms. The predicted octanol–water partition coefficient (Wildman–Crippen LogP) is 1.56. The van der Waals surface area contributed by atoms with Gasteiger partial charge in [0, 0.05) is 25.7 Å². The Balaban J connectivity index is 1.57. The van der Waals surface area contributed by atoms with E-state index in [4.69, 9.17) is 4.52 Å². The van der Waals surface area contributed by atoms with Crippen molar-refractivity contribution < 1.29 is 4.52 Å². The first-order valence-corrected chi connectivity index (χ1v) is 6.20. The van der Waals surface area contributed by atoms with E-state index in [1.165, 1.54) is 32.4 Å². The highest BCUT2D eigenvalue weighted by molar-refractivity contribution is 5.02. The molecule has 1 aliphatic rings. The topological polar surface area (TPSA) is 41.3 Å². The molecule has 0 amide bonds. The summed E-state index contributed by atoms with van der Waals surface area (Å²) in [5.41, 5.74) is 0.996. The van der Waals surface area contributed by atoms with E-state index in [0.29, 0.717) is 0 Å². The van der Waals surface area contributed by atoms with E-state index < -0.39 is 0 Å². The van der Waals surface area contributed by atoms with Gasteiger partial charge >= 0.3 is 0 Å². The summed E-state index contributed by atoms with van der Waals surface area (Å²) in [5, 5.41) is 7.35. The summed E-state index contributed by atoms with van der Waals surface area (Å²) in [6.07, 6.45) is 4.13. The first-order valence-electron chi connectivity index (χ1n) is 6.20. The molecule has 2 heterocycles. The molecule has 0 atom stereocenters. The van der Waals surface area contributed by atoms with Crippen LogP contribution in [0.15, 0.2) is 10.6 Å². The molecule has 1 fully saturated rings. The number of nitrogens with zero attached hydrogens (tertiary/aromatic N) is 2. The van der Waals surface area contributed by atoms with E-state index in [-0.39, 0.29) is 0 Å². The smallest absolute Gasteiger partial charge is 0.133 e. The summed E-state index contributed by atoms with van der Waals surface area (Å²) in [5.74, 6) is 0.882. The third kappa shape index (κ3) is 3.61. The van der Waals surface area contributed by atoms with Crippen molar-refractivity contribution in [3.63, 3.8) is 0 Å². The van der Waals surface area contributed by atoms with Crippen LogP contribution >= 0.6 is 0 Å². The van der Waals surface area contributed by atoms with Crippen LogP contribution in [-0.2, 0) is 6.54 Å². The van der Waals surface area contributed by atoms with Crippen LogP contribution in [0.1, 0.15) is 30.7 Å². The lowest BCUT2D eigenvalue weighted by atomic mass is 10.1. The van der Waals surface area contributed by atoms with E-state index >= 15 is 0 Å². The molecule has 0 spiro atoms. The summed E-state index contributed by atoms with van der Waals surface area (Å²) in [6.45, 7) is 7.45. The molecule has 0 unspecified atom stereocenters. The van der Waals surface area contributed by atoms with Crippen LogP contribution in [0.3, 0.4) is 0 Å². The average molecular weight is 223 g/mol. The fourth-order valence-electron chi connectivity index (χ4n) is 2.14. The van der Waals surface area contributed by atoms with Crippen molar-refractivity contribution in [3.8, 4) is 0 Å². The molecule has 4 nitrogen and oxygen atoms in total. The van der Waals surface area contributed by atoms with Crippen LogP contribution in [-0.4, -0.2) is 36.2 Å². The predicted molar refractivity (Wildman–Crippen MR) is 63.2 cm³/mol. The van der Waals surface area contributed by atoms with Gasteiger partial charge in [-0.1, -0.05) is 11.6 Å². The minimum atomic E-state index is 0.811. The summed E-state index contributed by atoms with van der Waals surface area (Å²) < 4.78 is 5.01. The van der Waals surface area contributed by atoms with Gasteiger partial charge in [0.05, 0.1) is 5.69 Å². The van der Waals surface area contributed by atoms with Gasteiger partial charge in [-0.15, -0.1) is 0 Å². The Morgan fingerprint density at radius 1 is 1.38 bits per heavy atom. The molecule has 1 aromatic heterocycles. The number of nitrogens with one attached hydrogen (secondary N) is 1. The zero-order valence-electron chi connectivity index (χ0n) is 10.0. The van der Waals surface area contributed by atoms with Crippen LogP contribution in [0, 0.1) is 6.92 Å². The number of aromatic nitrogens is 1. The van der Waals surface area contributed by atoms with Crippen molar-refractivity contribution in [1.82, 2.24) is 15.4 Å². The van der Waals surface area contributed by atoms with E-state index in [2.05, 4.69) is 15.4 Å². The molecule has 1 aliphatic heterocycles. The van der Waals surface area contributed by atoms with Crippen molar-refractivity contribution in [3.05, 3.63) is 17.5 Å². The SMILES string of the molecule is Cc1cc(CNCCN2CCCCC2)no1. The lowest BCUT2D eigenvalue weighted by Gasteiger charge is -2.26. The summed E-state index contributed by atoms with van der Waals surface area (Å²) in [6, 6.07) is 1.98. The zero-order valence-corrected chi connectivity index (χ0v) is 10.0. The highest BCUT2D eigenvalue weighted by atomic mass is 16.5. The van der Waals surface area contributed by atoms with Crippen molar-refractivity contribution >= 4 is 0 Å². The standard InChI is InChI=1S/C12H21N3O/c1-11-9-12(14-16-11)10-13-5-8-15-6-3-2-4-7-15/h9,13H,2-8,10H2,1H3. The Kier molecular flexibility index (Phi) is 4.36. The number of hydrogen-bond acceptors (Lipinski definition) is 4. The third-order valence-electron chi connectivity index (χ3n) is 3.04. The van der Waals surface area contributed by atoms with Crippen molar-refractivity contribution in [1.29, 1.82) is 0 Å². The van der Waals surface area contributed by atoms with Gasteiger partial charge in [-0.05, 0) is 32.9 Å². The Morgan fingerprint density at radius 3 is 2.88 bits per heavy atom. The maximum atomic E-state index is 5.01. The second-order valence-corrected chi connectivity index (χ2v) is 4.51. The van der Waals surface area contributed by atoms with Gasteiger partial charge in [-0.3, -0.25) is 0 Å². The molecule has 0 saturated carbocycles. The molecule has 90 valence electrons. The maximum absolute atomic E-state index is 5.01. The van der Waals surface area contributed by atoms with Crippen molar-refractivity contribution in [2.24, 2.45) is 0 Å². The van der Waals surface area contributed by atoms with E-state index in [9.17, 15) is 0 Å². The number of rotatable bonds is 5. The fourth-order valence-corrected chi connectivity index (χ4v) is 2.14. The van der Waals surface area contributed by atoms with Gasteiger partial charge in [-0.25, -0.2) is 0 Å². The molecule has 16 heavy (non-hydrogen) atoms. The second kappa shape index (κ2) is 6.01. The lowest BCUT2D eigenvalue weighted by Crippen LogP contribution is -2.35. The molecular weight excluding hydrogens is 202 g/mol. The monoisotopic (exact) mass is 223 g/mol. The molecule has 1 saturated heterocycles. The van der Waals surface area contributed by atoms with Crippen LogP contribution in [0.25, 0.3) is 0 Å². The number of piperidine rings is 1. The molecule has 0 aromatic carbocycles. The Morgan fingerprint density at radius 2 is 2.19 bits per heavy atom. The molecule has 0 aliphatic carbocycles. The van der Waals surface area contributed by atoms with E-state index in [1.54, 1.807) is 0 Å². The van der Waals surface area contributed by atoms with E-state index in [0.717, 1.165) is 31.1 Å². The number of hydrogen-bond donors (Lipinski definition) is 1. The van der Waals surface area contributed by atoms with E-state index in [1.807, 2.05) is 13.0 Å². The Labute approximate surface area is 97.0 Å². The van der Waals surface area contributed by atoms with Crippen molar-refractivity contribution in [2.75, 3.05) is 26.2 Å². The van der Waals surface area contributed by atoms with Gasteiger partial charge in [0.15, 0.2) is 0 Å². The van der Waals surface area contributed by atoms with Crippen LogP contribution in [0.2, 0.25) is 0 Å². The van der Waals surface area contributed by atoms with Gasteiger partial charge in [-0.2, -0.15) is 0 Å². The summed E-state index contributed by atoms with van der Waals surface area (Å²) >= 11 is 0. The molecule has 1 N–H and O–H groups in total. The third-order valence-corrected chi connectivity index (χ3v) is 3.04. The summed E-state index contributed by atoms with van der Waals surface area (Å²) in [7, 11) is 0. The van der Waals surface area contributed by atoms with Gasteiger partial charge in [0.1, 0.15) is 5.76 Å². The minimum absolute atomic E-state index is 0.811. The average Bonchev–Trinajstić information content (AvgIpc) is 2.72. The fraction of sp³-hybridized carbons (Fsp3) is 0.750. The van der Waals surface area contributed by atoms with Crippen LogP contribution in [0.4, 0.5) is 0 Å². The van der Waals surface area contributed by atoms with Gasteiger partial charge in [0.2, 0.25) is 0 Å². The highest BCUT2D eigenvalue weighted by Crippen LogP contribution is 2.07. The number of likely N-dealkylation sites (tertiary alicyclic amines) is 1. The quantitative estimate of drug-likeness (QED) is 0.769. The molecule has 2 rings (SSSR count). The molecule has 0 radical (unpaired) electrons. The largest absolute Gasteiger partial charge is 0.361 e. The van der Waals surface area contributed by atoms with Crippen molar-refractivity contribution in [2.45, 2.75) is 32.7 Å². The summed E-state index contributed by atoms with van der Waals surface area (Å²) in [4.78, 5) is 2.53. The Hall–Kier alpha value is -0.870. The van der Waals surface area contributed by atoms with Crippen LogP contribution < -0.4 is 5.32 Å². The maximum Gasteiger partial charge on any atom is 0.133 e. The minimum Gasteiger partial charge on any atom is -0.361 e. The normalized spacial score (nSPS) is 17.8. The molecule has 1 aromatic rings. The molecule has 0 bridgehead atoms. The van der Waals surface area contributed by atoms with Crippen LogP contribution in [0.5, 0.6) is 0 Å². The second-order valence-electron chi connectivity index (χ2n) is 4.51. The lowest BCUT2D eigenvalue weighted by molar-refractivity contribution is 0.228. The zero-order chi connectivity index (χ0) is 11.2. The Bertz CT molecular complexity index is 305. The first-order chi connectivity index (χ1) is 7.84. The van der Waals surface area contributed by atoms with Gasteiger partial charge in [0.25, 0.3) is 0 Å². The first kappa shape index (κ1) is 11.6. The molecular formula is C12H21N3O.